The van der Waals surface area contributed by atoms with Gasteiger partial charge < -0.3 is 15.3 Å². The smallest absolute Gasteiger partial charge is 0.320 e. The molecule has 1 unspecified atom stereocenters. The van der Waals surface area contributed by atoms with Crippen LogP contribution in [0.1, 0.15) is 40.0 Å². The van der Waals surface area contributed by atoms with Gasteiger partial charge in [0.05, 0.1) is 0 Å². The van der Waals surface area contributed by atoms with Crippen LogP contribution in [0.25, 0.3) is 0 Å². The topological polar surface area (TPSA) is 52.6 Å². The molecule has 0 aromatic heterocycles. The lowest BCUT2D eigenvalue weighted by atomic mass is 10.1. The van der Waals surface area contributed by atoms with Crippen LogP contribution in [0.4, 0.5) is 0 Å². The molecule has 4 heteroatoms. The zero-order chi connectivity index (χ0) is 12.8. The zero-order valence-electron chi connectivity index (χ0n) is 11.3. The maximum Gasteiger partial charge on any atom is 0.320 e. The van der Waals surface area contributed by atoms with Gasteiger partial charge in [-0.3, -0.25) is 4.79 Å². The molecule has 0 radical (unpaired) electrons. The lowest BCUT2D eigenvalue weighted by molar-refractivity contribution is -0.139. The molecule has 17 heavy (non-hydrogen) atoms. The molecule has 0 aromatic rings. The minimum Gasteiger partial charge on any atom is -0.480 e. The van der Waals surface area contributed by atoms with Gasteiger partial charge in [0.25, 0.3) is 0 Å². The summed E-state index contributed by atoms with van der Waals surface area (Å²) in [4.78, 5) is 13.5. The van der Waals surface area contributed by atoms with Gasteiger partial charge in [-0.25, -0.2) is 0 Å². The summed E-state index contributed by atoms with van der Waals surface area (Å²) in [6.07, 6.45) is 3.27. The van der Waals surface area contributed by atoms with Crippen molar-refractivity contribution in [3.8, 4) is 0 Å². The van der Waals surface area contributed by atoms with E-state index in [2.05, 4.69) is 24.1 Å². The number of carboxylic acid groups (broad SMARTS) is 1. The second kappa shape index (κ2) is 6.97. The first kappa shape index (κ1) is 14.5. The highest BCUT2D eigenvalue weighted by atomic mass is 16.4. The van der Waals surface area contributed by atoms with Gasteiger partial charge in [-0.1, -0.05) is 20.8 Å². The predicted molar refractivity (Wildman–Crippen MR) is 69.2 cm³/mol. The van der Waals surface area contributed by atoms with Gasteiger partial charge in [0.2, 0.25) is 0 Å². The van der Waals surface area contributed by atoms with Crippen molar-refractivity contribution < 1.29 is 9.90 Å². The van der Waals surface area contributed by atoms with Crippen LogP contribution < -0.4 is 5.32 Å². The molecule has 100 valence electrons. The first-order valence-electron chi connectivity index (χ1n) is 6.74. The van der Waals surface area contributed by atoms with Crippen LogP contribution in [-0.4, -0.2) is 47.7 Å². The Kier molecular flexibility index (Phi) is 5.92. The third-order valence-corrected chi connectivity index (χ3v) is 3.12. The second-order valence-corrected chi connectivity index (χ2v) is 5.36. The van der Waals surface area contributed by atoms with E-state index in [0.29, 0.717) is 24.9 Å². The maximum atomic E-state index is 11.0. The number of hydrogen-bond donors (Lipinski definition) is 2. The van der Waals surface area contributed by atoms with Gasteiger partial charge in [-0.2, -0.15) is 0 Å². The van der Waals surface area contributed by atoms with E-state index < -0.39 is 12.0 Å². The monoisotopic (exact) mass is 242 g/mol. The van der Waals surface area contributed by atoms with Crippen molar-refractivity contribution in [1.82, 2.24) is 10.2 Å². The van der Waals surface area contributed by atoms with Crippen LogP contribution in [0.15, 0.2) is 0 Å². The summed E-state index contributed by atoms with van der Waals surface area (Å²) < 4.78 is 0. The summed E-state index contributed by atoms with van der Waals surface area (Å²) in [6.45, 7) is 9.08. The summed E-state index contributed by atoms with van der Waals surface area (Å²) in [5.41, 5.74) is 0. The normalized spacial score (nSPS) is 17.7. The number of rotatable bonds is 9. The fraction of sp³-hybridized carbons (Fsp3) is 0.923. The van der Waals surface area contributed by atoms with Gasteiger partial charge in [0.15, 0.2) is 0 Å². The first-order valence-corrected chi connectivity index (χ1v) is 6.74. The quantitative estimate of drug-likeness (QED) is 0.644. The molecule has 1 fully saturated rings. The average Bonchev–Trinajstić information content (AvgIpc) is 3.04. The number of hydrogen-bond acceptors (Lipinski definition) is 3. The Hall–Kier alpha value is -0.610. The molecule has 0 aromatic carbocycles. The van der Waals surface area contributed by atoms with Gasteiger partial charge in [0, 0.05) is 19.1 Å². The Balaban J connectivity index is 2.35. The summed E-state index contributed by atoms with van der Waals surface area (Å²) >= 11 is 0. The maximum absolute atomic E-state index is 11.0. The third-order valence-electron chi connectivity index (χ3n) is 3.12. The van der Waals surface area contributed by atoms with Crippen molar-refractivity contribution in [1.29, 1.82) is 0 Å². The van der Waals surface area contributed by atoms with Crippen molar-refractivity contribution in [2.45, 2.75) is 52.1 Å². The Morgan fingerprint density at radius 1 is 1.47 bits per heavy atom. The molecule has 0 heterocycles. The van der Waals surface area contributed by atoms with E-state index in [1.807, 2.05) is 6.92 Å². The molecule has 0 amide bonds. The van der Waals surface area contributed by atoms with Gasteiger partial charge in [-0.05, 0) is 31.7 Å². The molecular weight excluding hydrogens is 216 g/mol. The Morgan fingerprint density at radius 2 is 2.12 bits per heavy atom. The number of carboxylic acids is 1. The molecule has 1 saturated carbocycles. The van der Waals surface area contributed by atoms with E-state index in [4.69, 9.17) is 5.11 Å². The van der Waals surface area contributed by atoms with Crippen LogP contribution in [0, 0.1) is 5.92 Å². The lowest BCUT2D eigenvalue weighted by Gasteiger charge is -2.25. The van der Waals surface area contributed by atoms with Crippen LogP contribution in [0.3, 0.4) is 0 Å². The number of nitrogens with zero attached hydrogens (tertiary/aromatic N) is 1. The van der Waals surface area contributed by atoms with Crippen LogP contribution in [0.2, 0.25) is 0 Å². The standard InChI is InChI=1S/C13H26N2O2/c1-4-14-12(13(16)17)7-8-15(9-10(2)3)11-5-6-11/h10-12,14H,4-9H2,1-3H3,(H,16,17). The van der Waals surface area contributed by atoms with Crippen LogP contribution in [0.5, 0.6) is 0 Å². The molecular formula is C13H26N2O2. The SMILES string of the molecule is CCNC(CCN(CC(C)C)C1CC1)C(=O)O. The van der Waals surface area contributed by atoms with Crippen molar-refractivity contribution in [2.24, 2.45) is 5.92 Å². The fourth-order valence-electron chi connectivity index (χ4n) is 2.19. The van der Waals surface area contributed by atoms with Crippen molar-refractivity contribution >= 4 is 5.97 Å². The minimum atomic E-state index is -0.729. The second-order valence-electron chi connectivity index (χ2n) is 5.36. The summed E-state index contributed by atoms with van der Waals surface area (Å²) in [5, 5.41) is 12.1. The van der Waals surface area contributed by atoms with Gasteiger partial charge >= 0.3 is 5.97 Å². The molecule has 1 rings (SSSR count). The Bertz CT molecular complexity index is 240. The molecule has 1 aliphatic carbocycles. The first-order chi connectivity index (χ1) is 8.04. The summed E-state index contributed by atoms with van der Waals surface area (Å²) in [5.74, 6) is -0.0786. The minimum absolute atomic E-state index is 0.395. The van der Waals surface area contributed by atoms with Gasteiger partial charge in [-0.15, -0.1) is 0 Å². The highest BCUT2D eigenvalue weighted by Crippen LogP contribution is 2.27. The number of likely N-dealkylation sites (N-methyl/N-ethyl adjacent to an activating group) is 1. The van der Waals surface area contributed by atoms with E-state index in [0.717, 1.165) is 13.1 Å². The third kappa shape index (κ3) is 5.50. The molecule has 0 aliphatic heterocycles. The molecule has 1 aliphatic rings. The summed E-state index contributed by atoms with van der Waals surface area (Å²) in [7, 11) is 0. The zero-order valence-corrected chi connectivity index (χ0v) is 11.3. The molecule has 4 nitrogen and oxygen atoms in total. The summed E-state index contributed by atoms with van der Waals surface area (Å²) in [6, 6.07) is 0.321. The molecule has 1 atom stereocenters. The van der Waals surface area contributed by atoms with Crippen LogP contribution >= 0.6 is 0 Å². The number of nitrogens with one attached hydrogen (secondary N) is 1. The molecule has 0 spiro atoms. The van der Waals surface area contributed by atoms with E-state index in [1.165, 1.54) is 12.8 Å². The lowest BCUT2D eigenvalue weighted by Crippen LogP contribution is -2.41. The largest absolute Gasteiger partial charge is 0.480 e. The molecule has 2 N–H and O–H groups in total. The molecule has 0 bridgehead atoms. The Labute approximate surface area is 104 Å². The molecule has 0 saturated heterocycles. The number of carbonyl (C=O) groups is 1. The van der Waals surface area contributed by atoms with Crippen LogP contribution in [-0.2, 0) is 4.79 Å². The average molecular weight is 242 g/mol. The van der Waals surface area contributed by atoms with E-state index in [-0.39, 0.29) is 0 Å². The van der Waals surface area contributed by atoms with Crippen molar-refractivity contribution in [3.05, 3.63) is 0 Å². The highest BCUT2D eigenvalue weighted by molar-refractivity contribution is 5.73. The van der Waals surface area contributed by atoms with Crippen molar-refractivity contribution in [3.63, 3.8) is 0 Å². The predicted octanol–water partition coefficient (Wildman–Crippen LogP) is 1.56. The van der Waals surface area contributed by atoms with Crippen molar-refractivity contribution in [2.75, 3.05) is 19.6 Å². The number of aliphatic carboxylic acids is 1. The van der Waals surface area contributed by atoms with E-state index in [1.54, 1.807) is 0 Å². The van der Waals surface area contributed by atoms with E-state index >= 15 is 0 Å². The highest BCUT2D eigenvalue weighted by Gasteiger charge is 2.30. The van der Waals surface area contributed by atoms with E-state index in [9.17, 15) is 4.79 Å². The van der Waals surface area contributed by atoms with Gasteiger partial charge in [0.1, 0.15) is 6.04 Å². The fourth-order valence-corrected chi connectivity index (χ4v) is 2.19. The Morgan fingerprint density at radius 3 is 2.53 bits per heavy atom.